The van der Waals surface area contributed by atoms with Crippen LogP contribution in [0.4, 0.5) is 0 Å². The lowest BCUT2D eigenvalue weighted by Crippen LogP contribution is -2.37. The summed E-state index contributed by atoms with van der Waals surface area (Å²) >= 11 is 1.28. The fourth-order valence-corrected chi connectivity index (χ4v) is 4.34. The first-order valence-electron chi connectivity index (χ1n) is 7.73. The number of hydrogen-bond acceptors (Lipinski definition) is 4. The van der Waals surface area contributed by atoms with Crippen LogP contribution in [0.15, 0.2) is 21.3 Å². The van der Waals surface area contributed by atoms with Crippen molar-refractivity contribution in [3.63, 3.8) is 0 Å². The summed E-state index contributed by atoms with van der Waals surface area (Å²) < 4.78 is 25.7. The van der Waals surface area contributed by atoms with Crippen LogP contribution in [0.5, 0.6) is 0 Å². The summed E-state index contributed by atoms with van der Waals surface area (Å²) in [5, 5.41) is 6.48. The second-order valence-corrected chi connectivity index (χ2v) is 9.44. The average molecular weight is 361 g/mol. The Bertz CT molecular complexity index is 607. The van der Waals surface area contributed by atoms with Crippen LogP contribution in [-0.2, 0) is 16.6 Å². The highest BCUT2D eigenvalue weighted by molar-refractivity contribution is 7.91. The standard InChI is InChI=1S/C15H28N4O2S2/c1-12(2)7-6-10-17-15(16-3)18-11-13-8-9-14(22-13)23(20,21)19(4)5/h8-9,12H,6-7,10-11H2,1-5H3,(H2,16,17,18). The van der Waals surface area contributed by atoms with Crippen LogP contribution in [-0.4, -0.2) is 46.4 Å². The van der Waals surface area contributed by atoms with E-state index in [0.29, 0.717) is 16.7 Å². The maximum Gasteiger partial charge on any atom is 0.252 e. The first-order valence-corrected chi connectivity index (χ1v) is 9.98. The van der Waals surface area contributed by atoms with Gasteiger partial charge in [-0.15, -0.1) is 11.3 Å². The van der Waals surface area contributed by atoms with Crippen LogP contribution in [0, 0.1) is 5.92 Å². The third kappa shape index (κ3) is 6.48. The highest BCUT2D eigenvalue weighted by Gasteiger charge is 2.19. The van der Waals surface area contributed by atoms with Gasteiger partial charge in [-0.3, -0.25) is 4.99 Å². The van der Waals surface area contributed by atoms with Crippen molar-refractivity contribution in [3.8, 4) is 0 Å². The molecule has 1 aromatic heterocycles. The van der Waals surface area contributed by atoms with E-state index in [9.17, 15) is 8.42 Å². The maximum atomic E-state index is 12.0. The predicted molar refractivity (Wildman–Crippen MR) is 97.5 cm³/mol. The minimum absolute atomic E-state index is 0.360. The van der Waals surface area contributed by atoms with Gasteiger partial charge in [0.05, 0.1) is 6.54 Å². The predicted octanol–water partition coefficient (Wildman–Crippen LogP) is 2.10. The van der Waals surface area contributed by atoms with Crippen molar-refractivity contribution < 1.29 is 8.42 Å². The molecule has 2 N–H and O–H groups in total. The van der Waals surface area contributed by atoms with Crippen molar-refractivity contribution in [2.45, 2.75) is 37.4 Å². The van der Waals surface area contributed by atoms with Crippen molar-refractivity contribution >= 4 is 27.3 Å². The summed E-state index contributed by atoms with van der Waals surface area (Å²) in [5.41, 5.74) is 0. The van der Waals surface area contributed by atoms with Crippen LogP contribution in [0.25, 0.3) is 0 Å². The molecule has 0 saturated heterocycles. The molecule has 0 saturated carbocycles. The number of rotatable bonds is 8. The number of guanidine groups is 1. The number of nitrogens with one attached hydrogen (secondary N) is 2. The zero-order valence-electron chi connectivity index (χ0n) is 14.6. The van der Waals surface area contributed by atoms with Crippen LogP contribution in [0.2, 0.25) is 0 Å². The molecule has 1 heterocycles. The smallest absolute Gasteiger partial charge is 0.252 e. The first-order chi connectivity index (χ1) is 10.8. The molecule has 23 heavy (non-hydrogen) atoms. The molecule has 132 valence electrons. The summed E-state index contributed by atoms with van der Waals surface area (Å²) in [5.74, 6) is 1.44. The van der Waals surface area contributed by atoms with Gasteiger partial charge in [0.25, 0.3) is 10.0 Å². The molecular weight excluding hydrogens is 332 g/mol. The van der Waals surface area contributed by atoms with Crippen LogP contribution in [0.1, 0.15) is 31.6 Å². The Labute approximate surface area is 144 Å². The second kappa shape index (κ2) is 9.24. The fraction of sp³-hybridized carbons (Fsp3) is 0.667. The number of aliphatic imine (C=N–C) groups is 1. The van der Waals surface area contributed by atoms with E-state index >= 15 is 0 Å². The molecule has 6 nitrogen and oxygen atoms in total. The summed E-state index contributed by atoms with van der Waals surface area (Å²) in [6.07, 6.45) is 2.28. The SMILES string of the molecule is CN=C(NCCCC(C)C)NCc1ccc(S(=O)(=O)N(C)C)s1. The largest absolute Gasteiger partial charge is 0.356 e. The van der Waals surface area contributed by atoms with Gasteiger partial charge in [0.2, 0.25) is 0 Å². The Morgan fingerprint density at radius 1 is 1.30 bits per heavy atom. The van der Waals surface area contributed by atoms with E-state index in [2.05, 4.69) is 29.5 Å². The van der Waals surface area contributed by atoms with E-state index in [-0.39, 0.29) is 0 Å². The number of thiophene rings is 1. The molecule has 0 unspecified atom stereocenters. The Morgan fingerprint density at radius 2 is 2.00 bits per heavy atom. The Morgan fingerprint density at radius 3 is 2.57 bits per heavy atom. The van der Waals surface area contributed by atoms with Gasteiger partial charge in [-0.1, -0.05) is 13.8 Å². The molecule has 0 radical (unpaired) electrons. The lowest BCUT2D eigenvalue weighted by molar-refractivity contribution is 0.523. The van der Waals surface area contributed by atoms with E-state index in [1.807, 2.05) is 6.07 Å². The molecule has 0 aliphatic carbocycles. The second-order valence-electron chi connectivity index (χ2n) is 5.90. The van der Waals surface area contributed by atoms with E-state index in [0.717, 1.165) is 23.8 Å². The Balaban J connectivity index is 2.50. The molecule has 0 atom stereocenters. The molecule has 0 bridgehead atoms. The van der Waals surface area contributed by atoms with Crippen molar-refractivity contribution in [3.05, 3.63) is 17.0 Å². The monoisotopic (exact) mass is 360 g/mol. The summed E-state index contributed by atoms with van der Waals surface area (Å²) in [7, 11) is 1.46. The molecule has 8 heteroatoms. The minimum Gasteiger partial charge on any atom is -0.356 e. The molecule has 0 aliphatic rings. The Hall–Kier alpha value is -1.12. The fourth-order valence-electron chi connectivity index (χ4n) is 1.88. The number of sulfonamides is 1. The first kappa shape index (κ1) is 19.9. The summed E-state index contributed by atoms with van der Waals surface area (Å²) in [6, 6.07) is 3.48. The molecule has 0 spiro atoms. The van der Waals surface area contributed by atoms with Crippen LogP contribution < -0.4 is 10.6 Å². The molecule has 1 rings (SSSR count). The third-order valence-electron chi connectivity index (χ3n) is 3.28. The topological polar surface area (TPSA) is 73.8 Å². The zero-order chi connectivity index (χ0) is 17.5. The maximum absolute atomic E-state index is 12.0. The van der Waals surface area contributed by atoms with Crippen LogP contribution >= 0.6 is 11.3 Å². The van der Waals surface area contributed by atoms with Gasteiger partial charge >= 0.3 is 0 Å². The van der Waals surface area contributed by atoms with Gasteiger partial charge in [0.1, 0.15) is 4.21 Å². The van der Waals surface area contributed by atoms with Crippen molar-refractivity contribution in [1.82, 2.24) is 14.9 Å². The van der Waals surface area contributed by atoms with Gasteiger partial charge in [0.15, 0.2) is 5.96 Å². The van der Waals surface area contributed by atoms with E-state index in [4.69, 9.17) is 0 Å². The van der Waals surface area contributed by atoms with E-state index < -0.39 is 10.0 Å². The molecule has 1 aromatic rings. The van der Waals surface area contributed by atoms with Crippen molar-refractivity contribution in [2.24, 2.45) is 10.9 Å². The molecule has 0 amide bonds. The highest BCUT2D eigenvalue weighted by Crippen LogP contribution is 2.23. The van der Waals surface area contributed by atoms with Gasteiger partial charge in [-0.2, -0.15) is 0 Å². The van der Waals surface area contributed by atoms with Crippen molar-refractivity contribution in [1.29, 1.82) is 0 Å². The molecule has 0 fully saturated rings. The summed E-state index contributed by atoms with van der Waals surface area (Å²) in [6.45, 7) is 5.85. The van der Waals surface area contributed by atoms with Crippen LogP contribution in [0.3, 0.4) is 0 Å². The van der Waals surface area contributed by atoms with E-state index in [1.165, 1.54) is 36.2 Å². The van der Waals surface area contributed by atoms with Gasteiger partial charge in [0, 0.05) is 32.6 Å². The normalized spacial score (nSPS) is 12.9. The lowest BCUT2D eigenvalue weighted by atomic mass is 10.1. The highest BCUT2D eigenvalue weighted by atomic mass is 32.2. The zero-order valence-corrected chi connectivity index (χ0v) is 16.2. The van der Waals surface area contributed by atoms with Crippen molar-refractivity contribution in [2.75, 3.05) is 27.7 Å². The lowest BCUT2D eigenvalue weighted by Gasteiger charge is -2.12. The number of nitrogens with zero attached hydrogens (tertiary/aromatic N) is 2. The molecule has 0 aromatic carbocycles. The molecule has 0 aliphatic heterocycles. The molecular formula is C15H28N4O2S2. The summed E-state index contributed by atoms with van der Waals surface area (Å²) in [4.78, 5) is 5.13. The minimum atomic E-state index is -3.35. The van der Waals surface area contributed by atoms with Gasteiger partial charge < -0.3 is 10.6 Å². The van der Waals surface area contributed by atoms with Gasteiger partial charge in [-0.25, -0.2) is 12.7 Å². The number of hydrogen-bond donors (Lipinski definition) is 2. The quantitative estimate of drug-likeness (QED) is 0.423. The van der Waals surface area contributed by atoms with E-state index in [1.54, 1.807) is 13.1 Å². The average Bonchev–Trinajstić information content (AvgIpc) is 2.95. The third-order valence-corrected chi connectivity index (χ3v) is 6.64. The van der Waals surface area contributed by atoms with Gasteiger partial charge in [-0.05, 0) is 30.9 Å². The Kier molecular flexibility index (Phi) is 8.01.